The Balaban J connectivity index is 1.46. The summed E-state index contributed by atoms with van der Waals surface area (Å²) in [5, 5.41) is 4.91. The minimum atomic E-state index is -0.255. The van der Waals surface area contributed by atoms with Crippen LogP contribution in [0.25, 0.3) is 33.3 Å². The number of carbonyl (C=O) groups is 1. The molecular weight excluding hydrogens is 378 g/mol. The van der Waals surface area contributed by atoms with Crippen LogP contribution >= 0.6 is 0 Å². The molecule has 1 amide bonds. The van der Waals surface area contributed by atoms with E-state index in [0.717, 1.165) is 16.3 Å². The van der Waals surface area contributed by atoms with E-state index in [1.807, 2.05) is 48.5 Å². The van der Waals surface area contributed by atoms with Gasteiger partial charge < -0.3 is 14.5 Å². The van der Waals surface area contributed by atoms with Crippen molar-refractivity contribution in [1.29, 1.82) is 0 Å². The van der Waals surface area contributed by atoms with Gasteiger partial charge in [-0.2, -0.15) is 0 Å². The molecule has 0 fully saturated rings. The molecule has 6 heteroatoms. The lowest BCUT2D eigenvalue weighted by Gasteiger charge is -2.11. The molecule has 0 saturated carbocycles. The summed E-state index contributed by atoms with van der Waals surface area (Å²) in [4.78, 5) is 21.5. The van der Waals surface area contributed by atoms with E-state index in [1.54, 1.807) is 37.7 Å². The number of nitrogens with zero attached hydrogens (tertiary/aromatic N) is 2. The standard InChI is InChI=1S/C24H17N3O3/c1-29-22-13-17-5-3-2-4-16(17)12-19(22)23(28)26-18-6-7-21-20(14-18)27-24(30-21)15-8-10-25-11-9-15/h2-14H,1H3,(H,26,28). The predicted molar refractivity (Wildman–Crippen MR) is 116 cm³/mol. The molecule has 1 N–H and O–H groups in total. The Morgan fingerprint density at radius 2 is 1.73 bits per heavy atom. The van der Waals surface area contributed by atoms with Gasteiger partial charge in [0.15, 0.2) is 5.58 Å². The van der Waals surface area contributed by atoms with Crippen LogP contribution in [-0.2, 0) is 0 Å². The summed E-state index contributed by atoms with van der Waals surface area (Å²) in [6.45, 7) is 0. The van der Waals surface area contributed by atoms with Crippen LogP contribution in [-0.4, -0.2) is 23.0 Å². The lowest BCUT2D eigenvalue weighted by atomic mass is 10.1. The molecular formula is C24H17N3O3. The van der Waals surface area contributed by atoms with Crippen LogP contribution in [0, 0.1) is 0 Å². The highest BCUT2D eigenvalue weighted by Crippen LogP contribution is 2.29. The van der Waals surface area contributed by atoms with Crippen molar-refractivity contribution in [3.8, 4) is 17.2 Å². The van der Waals surface area contributed by atoms with Gasteiger partial charge in [-0.05, 0) is 53.2 Å². The van der Waals surface area contributed by atoms with Crippen LogP contribution in [0.1, 0.15) is 10.4 Å². The van der Waals surface area contributed by atoms with Crippen molar-refractivity contribution in [2.24, 2.45) is 0 Å². The first kappa shape index (κ1) is 17.9. The molecule has 0 bridgehead atoms. The quantitative estimate of drug-likeness (QED) is 0.447. The summed E-state index contributed by atoms with van der Waals surface area (Å²) in [5.74, 6) is 0.774. The summed E-state index contributed by atoms with van der Waals surface area (Å²) in [6, 6.07) is 20.6. The maximum atomic E-state index is 13.0. The Morgan fingerprint density at radius 3 is 2.50 bits per heavy atom. The Labute approximate surface area is 172 Å². The fourth-order valence-corrected chi connectivity index (χ4v) is 3.39. The van der Waals surface area contributed by atoms with E-state index in [4.69, 9.17) is 9.15 Å². The molecule has 0 aliphatic carbocycles. The Bertz CT molecular complexity index is 1380. The molecule has 0 spiro atoms. The van der Waals surface area contributed by atoms with Crippen molar-refractivity contribution in [3.63, 3.8) is 0 Å². The smallest absolute Gasteiger partial charge is 0.259 e. The third kappa shape index (κ3) is 3.24. The maximum absolute atomic E-state index is 13.0. The molecule has 3 aromatic carbocycles. The van der Waals surface area contributed by atoms with Gasteiger partial charge in [0, 0.05) is 23.6 Å². The first-order valence-electron chi connectivity index (χ1n) is 9.40. The molecule has 0 aliphatic rings. The van der Waals surface area contributed by atoms with Gasteiger partial charge in [-0.15, -0.1) is 0 Å². The number of pyridine rings is 1. The van der Waals surface area contributed by atoms with Gasteiger partial charge in [-0.1, -0.05) is 24.3 Å². The zero-order chi connectivity index (χ0) is 20.5. The number of anilines is 1. The van der Waals surface area contributed by atoms with Crippen LogP contribution < -0.4 is 10.1 Å². The molecule has 2 aromatic heterocycles. The van der Waals surface area contributed by atoms with Gasteiger partial charge in [0.25, 0.3) is 5.91 Å². The summed E-state index contributed by atoms with van der Waals surface area (Å²) in [7, 11) is 1.56. The van der Waals surface area contributed by atoms with Crippen molar-refractivity contribution in [2.45, 2.75) is 0 Å². The number of carbonyl (C=O) groups excluding carboxylic acids is 1. The molecule has 6 nitrogen and oxygen atoms in total. The highest BCUT2D eigenvalue weighted by molar-refractivity contribution is 6.09. The third-order valence-electron chi connectivity index (χ3n) is 4.89. The first-order valence-corrected chi connectivity index (χ1v) is 9.40. The lowest BCUT2D eigenvalue weighted by molar-refractivity contribution is 0.102. The summed E-state index contributed by atoms with van der Waals surface area (Å²) in [5.41, 5.74) is 3.23. The van der Waals surface area contributed by atoms with Crippen LogP contribution in [0.2, 0.25) is 0 Å². The third-order valence-corrected chi connectivity index (χ3v) is 4.89. The molecule has 0 radical (unpaired) electrons. The first-order chi connectivity index (χ1) is 14.7. The van der Waals surface area contributed by atoms with Gasteiger partial charge in [0.05, 0.1) is 12.7 Å². The van der Waals surface area contributed by atoms with E-state index >= 15 is 0 Å². The van der Waals surface area contributed by atoms with Gasteiger partial charge in [-0.25, -0.2) is 4.98 Å². The van der Waals surface area contributed by atoms with Crippen molar-refractivity contribution >= 4 is 33.5 Å². The Hall–Kier alpha value is -4.19. The van der Waals surface area contributed by atoms with Crippen LogP contribution in [0.4, 0.5) is 5.69 Å². The summed E-state index contributed by atoms with van der Waals surface area (Å²) < 4.78 is 11.3. The van der Waals surface area contributed by atoms with Gasteiger partial charge in [-0.3, -0.25) is 9.78 Å². The number of hydrogen-bond donors (Lipinski definition) is 1. The molecule has 0 atom stereocenters. The maximum Gasteiger partial charge on any atom is 0.259 e. The van der Waals surface area contributed by atoms with Gasteiger partial charge >= 0.3 is 0 Å². The molecule has 5 rings (SSSR count). The molecule has 30 heavy (non-hydrogen) atoms. The van der Waals surface area contributed by atoms with Crippen molar-refractivity contribution in [1.82, 2.24) is 9.97 Å². The van der Waals surface area contributed by atoms with Crippen molar-refractivity contribution in [2.75, 3.05) is 12.4 Å². The largest absolute Gasteiger partial charge is 0.496 e. The number of ether oxygens (including phenoxy) is 1. The Kier molecular flexibility index (Phi) is 4.37. The average Bonchev–Trinajstić information content (AvgIpc) is 3.22. The number of hydrogen-bond acceptors (Lipinski definition) is 5. The SMILES string of the molecule is COc1cc2ccccc2cc1C(=O)Nc1ccc2oc(-c3ccncc3)nc2c1. The van der Waals surface area contributed by atoms with Crippen LogP contribution in [0.15, 0.2) is 83.5 Å². The van der Waals surface area contributed by atoms with Gasteiger partial charge in [0.2, 0.25) is 5.89 Å². The topological polar surface area (TPSA) is 77.2 Å². The number of benzene rings is 3. The van der Waals surface area contributed by atoms with E-state index in [2.05, 4.69) is 15.3 Å². The molecule has 5 aromatic rings. The minimum Gasteiger partial charge on any atom is -0.496 e. The van der Waals surface area contributed by atoms with Crippen LogP contribution in [0.5, 0.6) is 5.75 Å². The van der Waals surface area contributed by atoms with E-state index in [1.165, 1.54) is 0 Å². The Morgan fingerprint density at radius 1 is 0.967 bits per heavy atom. The van der Waals surface area contributed by atoms with E-state index in [0.29, 0.717) is 34.0 Å². The molecule has 2 heterocycles. The average molecular weight is 395 g/mol. The zero-order valence-electron chi connectivity index (χ0n) is 16.1. The monoisotopic (exact) mass is 395 g/mol. The highest BCUT2D eigenvalue weighted by atomic mass is 16.5. The molecule has 146 valence electrons. The fourth-order valence-electron chi connectivity index (χ4n) is 3.39. The van der Waals surface area contributed by atoms with Gasteiger partial charge in [0.1, 0.15) is 11.3 Å². The molecule has 0 unspecified atom stereocenters. The predicted octanol–water partition coefficient (Wildman–Crippen LogP) is 5.30. The van der Waals surface area contributed by atoms with E-state index in [-0.39, 0.29) is 5.91 Å². The number of fused-ring (bicyclic) bond motifs is 2. The zero-order valence-corrected chi connectivity index (χ0v) is 16.1. The summed E-state index contributed by atoms with van der Waals surface area (Å²) >= 11 is 0. The lowest BCUT2D eigenvalue weighted by Crippen LogP contribution is -2.13. The highest BCUT2D eigenvalue weighted by Gasteiger charge is 2.15. The number of amides is 1. The minimum absolute atomic E-state index is 0.255. The van der Waals surface area contributed by atoms with E-state index in [9.17, 15) is 4.79 Å². The fraction of sp³-hybridized carbons (Fsp3) is 0.0417. The second-order valence-corrected chi connectivity index (χ2v) is 6.79. The number of aromatic nitrogens is 2. The molecule has 0 saturated heterocycles. The second-order valence-electron chi connectivity index (χ2n) is 6.79. The number of rotatable bonds is 4. The number of methoxy groups -OCH3 is 1. The molecule has 0 aliphatic heterocycles. The van der Waals surface area contributed by atoms with Crippen molar-refractivity contribution in [3.05, 3.63) is 84.7 Å². The second kappa shape index (κ2) is 7.33. The normalized spacial score (nSPS) is 11.0. The van der Waals surface area contributed by atoms with Crippen LogP contribution in [0.3, 0.4) is 0 Å². The number of oxazole rings is 1. The van der Waals surface area contributed by atoms with Crippen molar-refractivity contribution < 1.29 is 13.9 Å². The van der Waals surface area contributed by atoms with E-state index < -0.39 is 0 Å². The number of nitrogens with one attached hydrogen (secondary N) is 1. The summed E-state index contributed by atoms with van der Waals surface area (Å²) in [6.07, 6.45) is 3.37.